The molecule has 6 heteroatoms. The van der Waals surface area contributed by atoms with E-state index in [1.807, 2.05) is 19.1 Å². The van der Waals surface area contributed by atoms with Crippen LogP contribution >= 0.6 is 0 Å². The molecule has 0 aliphatic carbocycles. The minimum absolute atomic E-state index is 0.0471. The summed E-state index contributed by atoms with van der Waals surface area (Å²) in [6.07, 6.45) is 3.04. The van der Waals surface area contributed by atoms with Crippen molar-refractivity contribution in [3.63, 3.8) is 0 Å². The van der Waals surface area contributed by atoms with Gasteiger partial charge in [-0.2, -0.15) is 0 Å². The lowest BCUT2D eigenvalue weighted by atomic mass is 10.2. The summed E-state index contributed by atoms with van der Waals surface area (Å²) >= 11 is 0. The van der Waals surface area contributed by atoms with E-state index in [2.05, 4.69) is 5.32 Å². The molecule has 2 rings (SSSR count). The molecular weight excluding hydrogens is 284 g/mol. The van der Waals surface area contributed by atoms with Crippen LogP contribution in [0.1, 0.15) is 36.8 Å². The Labute approximate surface area is 131 Å². The van der Waals surface area contributed by atoms with Crippen molar-refractivity contribution in [2.45, 2.75) is 32.2 Å². The number of ether oxygens (including phenoxy) is 2. The second kappa shape index (κ2) is 8.80. The van der Waals surface area contributed by atoms with E-state index in [1.165, 1.54) is 0 Å². The second-order valence-corrected chi connectivity index (χ2v) is 5.52. The highest BCUT2D eigenvalue weighted by atomic mass is 16.5. The summed E-state index contributed by atoms with van der Waals surface area (Å²) in [7, 11) is 1.71. The Morgan fingerprint density at radius 1 is 1.41 bits per heavy atom. The molecule has 1 aliphatic rings. The van der Waals surface area contributed by atoms with Gasteiger partial charge in [0.1, 0.15) is 17.6 Å². The van der Waals surface area contributed by atoms with Gasteiger partial charge in [0.2, 0.25) is 0 Å². The van der Waals surface area contributed by atoms with Crippen LogP contribution in [-0.2, 0) is 9.47 Å². The Morgan fingerprint density at radius 3 is 3.00 bits per heavy atom. The van der Waals surface area contributed by atoms with E-state index in [9.17, 15) is 4.79 Å². The van der Waals surface area contributed by atoms with Crippen LogP contribution in [0.3, 0.4) is 0 Å². The highest BCUT2D eigenvalue weighted by Gasteiger charge is 2.30. The molecule has 1 aromatic rings. The topological polar surface area (TPSA) is 63.9 Å². The molecule has 0 saturated carbocycles. The average molecular weight is 310 g/mol. The van der Waals surface area contributed by atoms with Crippen molar-refractivity contribution in [1.82, 2.24) is 10.2 Å². The summed E-state index contributed by atoms with van der Waals surface area (Å²) in [4.78, 5) is 14.2. The minimum Gasteiger partial charge on any atom is -0.464 e. The monoisotopic (exact) mass is 310 g/mol. The summed E-state index contributed by atoms with van der Waals surface area (Å²) in [5.41, 5.74) is 0. The van der Waals surface area contributed by atoms with Gasteiger partial charge in [0.15, 0.2) is 0 Å². The summed E-state index contributed by atoms with van der Waals surface area (Å²) in [6.45, 7) is 4.99. The molecule has 1 aromatic heterocycles. The van der Waals surface area contributed by atoms with Crippen molar-refractivity contribution in [1.29, 1.82) is 0 Å². The van der Waals surface area contributed by atoms with Crippen LogP contribution in [0.5, 0.6) is 0 Å². The molecule has 0 bridgehead atoms. The molecule has 1 N–H and O–H groups in total. The number of rotatable bonds is 7. The van der Waals surface area contributed by atoms with Crippen LogP contribution in [0.15, 0.2) is 16.5 Å². The first-order valence-electron chi connectivity index (χ1n) is 7.90. The number of carbonyl (C=O) groups excluding carboxylic acids is 1. The standard InChI is InChI=1S/C16H26N2O4/c1-13-6-7-15(22-13)14-12-21-11-9-18(14)16(19)17-8-4-3-5-10-20-2/h6-7,14H,3-5,8-12H2,1-2H3,(H,17,19). The minimum atomic E-state index is -0.143. The van der Waals surface area contributed by atoms with E-state index in [1.54, 1.807) is 12.0 Å². The third kappa shape index (κ3) is 4.74. The van der Waals surface area contributed by atoms with Crippen LogP contribution in [0.25, 0.3) is 0 Å². The van der Waals surface area contributed by atoms with Crippen LogP contribution in [0.4, 0.5) is 4.79 Å². The van der Waals surface area contributed by atoms with Crippen molar-refractivity contribution in [2.24, 2.45) is 0 Å². The zero-order chi connectivity index (χ0) is 15.8. The van der Waals surface area contributed by atoms with Gasteiger partial charge in [-0.25, -0.2) is 4.79 Å². The molecule has 1 unspecified atom stereocenters. The first kappa shape index (κ1) is 16.8. The fourth-order valence-corrected chi connectivity index (χ4v) is 2.56. The largest absolute Gasteiger partial charge is 0.464 e. The van der Waals surface area contributed by atoms with Gasteiger partial charge in [-0.05, 0) is 38.3 Å². The zero-order valence-electron chi connectivity index (χ0n) is 13.5. The van der Waals surface area contributed by atoms with Gasteiger partial charge in [0.25, 0.3) is 0 Å². The molecule has 0 aromatic carbocycles. The number of furan rings is 1. The highest BCUT2D eigenvalue weighted by molar-refractivity contribution is 5.74. The lowest BCUT2D eigenvalue weighted by Crippen LogP contribution is -2.48. The molecule has 2 heterocycles. The van der Waals surface area contributed by atoms with Crippen molar-refractivity contribution in [3.8, 4) is 0 Å². The third-order valence-corrected chi connectivity index (χ3v) is 3.78. The molecule has 0 spiro atoms. The summed E-state index contributed by atoms with van der Waals surface area (Å²) < 4.78 is 16.2. The van der Waals surface area contributed by atoms with Crippen LogP contribution in [0, 0.1) is 6.92 Å². The molecule has 1 atom stereocenters. The van der Waals surface area contributed by atoms with E-state index in [-0.39, 0.29) is 12.1 Å². The number of nitrogens with one attached hydrogen (secondary N) is 1. The number of morpholine rings is 1. The molecule has 6 nitrogen and oxygen atoms in total. The van der Waals surface area contributed by atoms with Gasteiger partial charge in [0.05, 0.1) is 13.2 Å². The normalized spacial score (nSPS) is 18.5. The Kier molecular flexibility index (Phi) is 6.74. The average Bonchev–Trinajstić information content (AvgIpc) is 2.97. The van der Waals surface area contributed by atoms with Gasteiger partial charge in [0, 0.05) is 26.8 Å². The molecule has 0 radical (unpaired) electrons. The predicted molar refractivity (Wildman–Crippen MR) is 82.8 cm³/mol. The molecule has 124 valence electrons. The van der Waals surface area contributed by atoms with Gasteiger partial charge >= 0.3 is 6.03 Å². The number of amides is 2. The number of hydrogen-bond acceptors (Lipinski definition) is 4. The first-order valence-corrected chi connectivity index (χ1v) is 7.90. The lowest BCUT2D eigenvalue weighted by Gasteiger charge is -2.34. The van der Waals surface area contributed by atoms with E-state index in [0.717, 1.165) is 37.4 Å². The Morgan fingerprint density at radius 2 is 2.27 bits per heavy atom. The SMILES string of the molecule is COCCCCCNC(=O)N1CCOCC1c1ccc(C)o1. The first-order chi connectivity index (χ1) is 10.7. The van der Waals surface area contributed by atoms with Crippen molar-refractivity contribution in [2.75, 3.05) is 40.0 Å². The Balaban J connectivity index is 1.81. The fourth-order valence-electron chi connectivity index (χ4n) is 2.56. The van der Waals surface area contributed by atoms with E-state index >= 15 is 0 Å². The number of methoxy groups -OCH3 is 1. The summed E-state index contributed by atoms with van der Waals surface area (Å²) in [5, 5.41) is 2.98. The smallest absolute Gasteiger partial charge is 0.318 e. The molecule has 22 heavy (non-hydrogen) atoms. The number of hydrogen-bond donors (Lipinski definition) is 1. The Hall–Kier alpha value is -1.53. The number of carbonyl (C=O) groups is 1. The molecule has 1 saturated heterocycles. The number of nitrogens with zero attached hydrogens (tertiary/aromatic N) is 1. The van der Waals surface area contributed by atoms with E-state index < -0.39 is 0 Å². The predicted octanol–water partition coefficient (Wildman–Crippen LogP) is 2.49. The summed E-state index contributed by atoms with van der Waals surface area (Å²) in [5.74, 6) is 1.63. The van der Waals surface area contributed by atoms with Crippen LogP contribution < -0.4 is 5.32 Å². The quantitative estimate of drug-likeness (QED) is 0.786. The van der Waals surface area contributed by atoms with Gasteiger partial charge < -0.3 is 24.1 Å². The maximum atomic E-state index is 12.4. The van der Waals surface area contributed by atoms with Gasteiger partial charge in [-0.1, -0.05) is 0 Å². The van der Waals surface area contributed by atoms with Crippen molar-refractivity contribution in [3.05, 3.63) is 23.7 Å². The zero-order valence-corrected chi connectivity index (χ0v) is 13.5. The number of urea groups is 1. The summed E-state index contributed by atoms with van der Waals surface area (Å²) in [6, 6.07) is 3.64. The van der Waals surface area contributed by atoms with Gasteiger partial charge in [-0.15, -0.1) is 0 Å². The lowest BCUT2D eigenvalue weighted by molar-refractivity contribution is 0.00409. The van der Waals surface area contributed by atoms with E-state index in [0.29, 0.717) is 26.3 Å². The maximum Gasteiger partial charge on any atom is 0.318 e. The number of unbranched alkanes of at least 4 members (excludes halogenated alkanes) is 2. The molecule has 1 fully saturated rings. The highest BCUT2D eigenvalue weighted by Crippen LogP contribution is 2.25. The third-order valence-electron chi connectivity index (χ3n) is 3.78. The molecule has 2 amide bonds. The van der Waals surface area contributed by atoms with Gasteiger partial charge in [-0.3, -0.25) is 0 Å². The van der Waals surface area contributed by atoms with Crippen molar-refractivity contribution >= 4 is 6.03 Å². The second-order valence-electron chi connectivity index (χ2n) is 5.52. The van der Waals surface area contributed by atoms with Crippen molar-refractivity contribution < 1.29 is 18.7 Å². The Bertz CT molecular complexity index is 461. The van der Waals surface area contributed by atoms with E-state index in [4.69, 9.17) is 13.9 Å². The number of aryl methyl sites for hydroxylation is 1. The van der Waals surface area contributed by atoms with Crippen LogP contribution in [-0.4, -0.2) is 51.0 Å². The molecule has 1 aliphatic heterocycles. The maximum absolute atomic E-state index is 12.4. The fraction of sp³-hybridized carbons (Fsp3) is 0.688. The van der Waals surface area contributed by atoms with Crippen LogP contribution in [0.2, 0.25) is 0 Å². The molecular formula is C16H26N2O4.